The molecule has 2 rings (SSSR count). The van der Waals surface area contributed by atoms with Crippen LogP contribution in [0.2, 0.25) is 0 Å². The lowest BCUT2D eigenvalue weighted by atomic mass is 10.1. The number of nitrogens with two attached hydrogens (primary N) is 1. The van der Waals surface area contributed by atoms with Crippen molar-refractivity contribution in [1.29, 1.82) is 0 Å². The highest BCUT2D eigenvalue weighted by atomic mass is 32.2. The lowest BCUT2D eigenvalue weighted by molar-refractivity contribution is 0.567. The van der Waals surface area contributed by atoms with E-state index < -0.39 is 10.0 Å². The van der Waals surface area contributed by atoms with Crippen molar-refractivity contribution in [2.45, 2.75) is 31.3 Å². The van der Waals surface area contributed by atoms with Crippen LogP contribution in [0.25, 0.3) is 0 Å². The number of benzene rings is 1. The van der Waals surface area contributed by atoms with Crippen molar-refractivity contribution in [2.24, 2.45) is 5.14 Å². The van der Waals surface area contributed by atoms with Crippen LogP contribution in [0.1, 0.15) is 29.8 Å². The number of rotatable bonds is 5. The third kappa shape index (κ3) is 4.35. The molecule has 0 saturated heterocycles. The molecule has 1 aromatic carbocycles. The molecular weight excluding hydrogens is 286 g/mol. The molecule has 1 heterocycles. The smallest absolute Gasteiger partial charge is 0.238 e. The summed E-state index contributed by atoms with van der Waals surface area (Å²) in [5, 5.41) is 8.43. The fraction of sp³-hybridized carbons (Fsp3) is 0.267. The molecule has 0 amide bonds. The van der Waals surface area contributed by atoms with Crippen LogP contribution in [0.15, 0.2) is 47.5 Å². The van der Waals surface area contributed by atoms with Crippen molar-refractivity contribution in [2.75, 3.05) is 0 Å². The van der Waals surface area contributed by atoms with Crippen molar-refractivity contribution >= 4 is 10.0 Å². The van der Waals surface area contributed by atoms with Gasteiger partial charge >= 0.3 is 0 Å². The van der Waals surface area contributed by atoms with Gasteiger partial charge in [-0.1, -0.05) is 18.2 Å². The Morgan fingerprint density at radius 1 is 1.19 bits per heavy atom. The highest BCUT2D eigenvalue weighted by molar-refractivity contribution is 7.89. The summed E-state index contributed by atoms with van der Waals surface area (Å²) < 4.78 is 22.4. The van der Waals surface area contributed by atoms with Crippen LogP contribution < -0.4 is 10.5 Å². The van der Waals surface area contributed by atoms with E-state index >= 15 is 0 Å². The maximum absolute atomic E-state index is 11.2. The van der Waals surface area contributed by atoms with E-state index in [1.807, 2.05) is 32.2 Å². The van der Waals surface area contributed by atoms with Crippen LogP contribution in [-0.4, -0.2) is 13.4 Å². The fourth-order valence-electron chi connectivity index (χ4n) is 1.92. The molecule has 1 unspecified atom stereocenters. The first-order valence-corrected chi connectivity index (χ1v) is 8.18. The maximum Gasteiger partial charge on any atom is 0.238 e. The van der Waals surface area contributed by atoms with Crippen LogP contribution in [0.4, 0.5) is 0 Å². The maximum atomic E-state index is 11.2. The second-order valence-electron chi connectivity index (χ2n) is 5.04. The van der Waals surface area contributed by atoms with Crippen molar-refractivity contribution in [3.8, 4) is 0 Å². The van der Waals surface area contributed by atoms with E-state index in [1.165, 1.54) is 12.1 Å². The molecule has 2 aromatic rings. The number of primary sulfonamides is 1. The second kappa shape index (κ2) is 6.34. The summed E-state index contributed by atoms with van der Waals surface area (Å²) in [6.07, 6.45) is 1.84. The minimum absolute atomic E-state index is 0.0858. The second-order valence-corrected chi connectivity index (χ2v) is 6.60. The van der Waals surface area contributed by atoms with Gasteiger partial charge < -0.3 is 5.32 Å². The topological polar surface area (TPSA) is 85.1 Å². The Morgan fingerprint density at radius 3 is 2.38 bits per heavy atom. The molecule has 0 aliphatic carbocycles. The SMILES string of the molecule is Cc1ccc(CNC(C)c2ccc(S(N)(=O)=O)cc2)nc1. The van der Waals surface area contributed by atoms with Crippen molar-refractivity contribution in [3.05, 3.63) is 59.4 Å². The molecule has 0 aliphatic heterocycles. The van der Waals surface area contributed by atoms with Gasteiger partial charge in [-0.2, -0.15) is 0 Å². The number of hydrogen-bond donors (Lipinski definition) is 2. The molecule has 0 saturated carbocycles. The Kier molecular flexibility index (Phi) is 4.72. The van der Waals surface area contributed by atoms with Gasteiger partial charge in [-0.25, -0.2) is 13.6 Å². The molecule has 0 bridgehead atoms. The van der Waals surface area contributed by atoms with Gasteiger partial charge in [0.15, 0.2) is 0 Å². The van der Waals surface area contributed by atoms with Crippen LogP contribution in [0.5, 0.6) is 0 Å². The summed E-state index contributed by atoms with van der Waals surface area (Å²) >= 11 is 0. The van der Waals surface area contributed by atoms with E-state index in [0.29, 0.717) is 6.54 Å². The highest BCUT2D eigenvalue weighted by Gasteiger charge is 2.09. The van der Waals surface area contributed by atoms with Gasteiger partial charge in [-0.3, -0.25) is 4.98 Å². The number of sulfonamides is 1. The number of aryl methyl sites for hydroxylation is 1. The summed E-state index contributed by atoms with van der Waals surface area (Å²) in [4.78, 5) is 4.46. The Bertz CT molecular complexity index is 695. The summed E-state index contributed by atoms with van der Waals surface area (Å²) in [6, 6.07) is 10.7. The highest BCUT2D eigenvalue weighted by Crippen LogP contribution is 2.15. The number of nitrogens with zero attached hydrogens (tertiary/aromatic N) is 1. The number of aromatic nitrogens is 1. The molecule has 1 aromatic heterocycles. The van der Waals surface area contributed by atoms with Gasteiger partial charge in [-0.15, -0.1) is 0 Å². The van der Waals surface area contributed by atoms with E-state index in [9.17, 15) is 8.42 Å². The van der Waals surface area contributed by atoms with Crippen molar-refractivity contribution < 1.29 is 8.42 Å². The van der Waals surface area contributed by atoms with Crippen LogP contribution >= 0.6 is 0 Å². The van der Waals surface area contributed by atoms with Crippen molar-refractivity contribution in [3.63, 3.8) is 0 Å². The molecule has 1 atom stereocenters. The van der Waals surface area contributed by atoms with Gasteiger partial charge in [-0.05, 0) is 43.2 Å². The Hall–Kier alpha value is -1.76. The zero-order valence-electron chi connectivity index (χ0n) is 12.1. The van der Waals surface area contributed by atoms with Crippen LogP contribution in [-0.2, 0) is 16.6 Å². The predicted molar refractivity (Wildman–Crippen MR) is 82.0 cm³/mol. The summed E-state index contributed by atoms with van der Waals surface area (Å²) in [7, 11) is -3.64. The van der Waals surface area contributed by atoms with E-state index in [0.717, 1.165) is 16.8 Å². The largest absolute Gasteiger partial charge is 0.305 e. The first-order chi connectivity index (χ1) is 9.86. The van der Waals surface area contributed by atoms with Gasteiger partial charge in [0.1, 0.15) is 0 Å². The molecule has 21 heavy (non-hydrogen) atoms. The third-order valence-electron chi connectivity index (χ3n) is 3.27. The molecule has 112 valence electrons. The van der Waals surface area contributed by atoms with Gasteiger partial charge in [0.05, 0.1) is 10.6 Å². The predicted octanol–water partition coefficient (Wildman–Crippen LogP) is 1.89. The summed E-state index contributed by atoms with van der Waals surface area (Å²) in [6.45, 7) is 4.67. The van der Waals surface area contributed by atoms with Gasteiger partial charge in [0, 0.05) is 18.8 Å². The summed E-state index contributed by atoms with van der Waals surface area (Å²) in [5.41, 5.74) is 3.09. The molecule has 0 fully saturated rings. The van der Waals surface area contributed by atoms with Gasteiger partial charge in [0.2, 0.25) is 10.0 Å². The van der Waals surface area contributed by atoms with E-state index in [-0.39, 0.29) is 10.9 Å². The normalized spacial score (nSPS) is 13.1. The van der Waals surface area contributed by atoms with Crippen LogP contribution in [0.3, 0.4) is 0 Å². The lowest BCUT2D eigenvalue weighted by Crippen LogP contribution is -2.19. The minimum atomic E-state index is -3.64. The average molecular weight is 305 g/mol. The Labute approximate surface area is 125 Å². The average Bonchev–Trinajstić information content (AvgIpc) is 2.45. The van der Waals surface area contributed by atoms with E-state index in [2.05, 4.69) is 10.3 Å². The Morgan fingerprint density at radius 2 is 1.86 bits per heavy atom. The molecule has 3 N–H and O–H groups in total. The zero-order valence-corrected chi connectivity index (χ0v) is 12.9. The van der Waals surface area contributed by atoms with E-state index in [4.69, 9.17) is 5.14 Å². The third-order valence-corrected chi connectivity index (χ3v) is 4.20. The number of hydrogen-bond acceptors (Lipinski definition) is 4. The fourth-order valence-corrected chi connectivity index (χ4v) is 2.44. The minimum Gasteiger partial charge on any atom is -0.305 e. The first kappa shape index (κ1) is 15.6. The molecule has 6 heteroatoms. The molecule has 0 aliphatic rings. The molecule has 0 radical (unpaired) electrons. The molecule has 5 nitrogen and oxygen atoms in total. The van der Waals surface area contributed by atoms with Crippen LogP contribution in [0, 0.1) is 6.92 Å². The Balaban J connectivity index is 2.00. The molecule has 0 spiro atoms. The van der Waals surface area contributed by atoms with E-state index in [1.54, 1.807) is 12.1 Å². The monoisotopic (exact) mass is 305 g/mol. The zero-order chi connectivity index (χ0) is 15.5. The molecular formula is C15H19N3O2S. The lowest BCUT2D eigenvalue weighted by Gasteiger charge is -2.14. The van der Waals surface area contributed by atoms with Crippen molar-refractivity contribution in [1.82, 2.24) is 10.3 Å². The number of nitrogens with one attached hydrogen (secondary N) is 1. The quantitative estimate of drug-likeness (QED) is 0.883. The van der Waals surface area contributed by atoms with Gasteiger partial charge in [0.25, 0.3) is 0 Å². The number of pyridine rings is 1. The standard InChI is InChI=1S/C15H19N3O2S/c1-11-3-6-14(18-9-11)10-17-12(2)13-4-7-15(8-5-13)21(16,19)20/h3-9,12,17H,10H2,1-2H3,(H2,16,19,20). The first-order valence-electron chi connectivity index (χ1n) is 6.64. The summed E-state index contributed by atoms with van der Waals surface area (Å²) in [5.74, 6) is 0.